The smallest absolute Gasteiger partial charge is 0.294 e. The first-order valence-electron chi connectivity index (χ1n) is 19.2. The molecule has 59 heavy (non-hydrogen) atoms. The minimum absolute atomic E-state index is 0.0260. The molecule has 1 aromatic heterocycles. The Morgan fingerprint density at radius 2 is 1.08 bits per heavy atom. The summed E-state index contributed by atoms with van der Waals surface area (Å²) in [6, 6.07) is 39.7. The Labute approximate surface area is 336 Å². The van der Waals surface area contributed by atoms with E-state index in [4.69, 9.17) is 4.98 Å². The molecule has 0 radical (unpaired) electrons. The van der Waals surface area contributed by atoms with Gasteiger partial charge in [-0.3, -0.25) is 4.90 Å². The second-order valence-corrected chi connectivity index (χ2v) is 14.8. The number of fused-ring (bicyclic) bond motifs is 3. The maximum Gasteiger partial charge on any atom is 0.417 e. The van der Waals surface area contributed by atoms with E-state index in [0.29, 0.717) is 46.1 Å². The van der Waals surface area contributed by atoms with Gasteiger partial charge in [0.15, 0.2) is 5.82 Å². The number of rotatable bonds is 6. The van der Waals surface area contributed by atoms with Crippen LogP contribution in [-0.2, 0) is 12.4 Å². The molecule has 0 amide bonds. The third-order valence-electron chi connectivity index (χ3n) is 11.1. The SMILES string of the molecule is Cc1cc(C2=c3ccccc3=CCC2)c(C(F)(F)F)cc1N(c1ccnc(-c2cccc3ccccc23)n1)c1cc(C(F)(F)F)c(-c2cccc3ccccc23)cc1C. The lowest BCUT2D eigenvalue weighted by Gasteiger charge is -2.31. The van der Waals surface area contributed by atoms with Crippen LogP contribution in [0, 0.1) is 13.8 Å². The number of halogens is 6. The summed E-state index contributed by atoms with van der Waals surface area (Å²) in [4.78, 5) is 10.9. The standard InChI is InChI=1S/C50H35F6N3/c1-30-26-41(38-21-9-15-32-12-3-6-18-35(32)38)43(49(51,52)53)28-45(30)59(47-24-25-57-48(58-47)40-23-11-17-34-14-5-8-20-37(34)40)46-29-44(50(54,55)56)42(27-31(46)2)39-22-10-16-33-13-4-7-19-36(33)39/h3-9,11-21,23-29H,10,22H2,1-2H3. The number of aryl methyl sites for hydroxylation is 2. The maximum absolute atomic E-state index is 15.4. The van der Waals surface area contributed by atoms with E-state index >= 15 is 26.3 Å². The molecule has 1 aliphatic carbocycles. The van der Waals surface area contributed by atoms with Gasteiger partial charge in [-0.1, -0.05) is 115 Å². The summed E-state index contributed by atoms with van der Waals surface area (Å²) >= 11 is 0. The predicted octanol–water partition coefficient (Wildman–Crippen LogP) is 13.0. The van der Waals surface area contributed by atoms with Crippen LogP contribution in [0.5, 0.6) is 0 Å². The molecule has 0 saturated heterocycles. The molecule has 1 aliphatic rings. The zero-order valence-corrected chi connectivity index (χ0v) is 32.0. The van der Waals surface area contributed by atoms with Gasteiger partial charge < -0.3 is 0 Å². The van der Waals surface area contributed by atoms with E-state index in [1.165, 1.54) is 29.3 Å². The summed E-state index contributed by atoms with van der Waals surface area (Å²) in [5.41, 5.74) is 0.671. The molecular weight excluding hydrogens is 757 g/mol. The lowest BCUT2D eigenvalue weighted by molar-refractivity contribution is -0.138. The molecule has 0 spiro atoms. The molecule has 0 fully saturated rings. The fraction of sp³-hybridized carbons (Fsp3) is 0.120. The minimum atomic E-state index is -4.84. The highest BCUT2D eigenvalue weighted by atomic mass is 19.4. The molecule has 0 N–H and O–H groups in total. The van der Waals surface area contributed by atoms with Crippen molar-refractivity contribution >= 4 is 50.4 Å². The van der Waals surface area contributed by atoms with E-state index in [1.54, 1.807) is 44.2 Å². The molecule has 0 atom stereocenters. The molecule has 0 bridgehead atoms. The summed E-state index contributed by atoms with van der Waals surface area (Å²) in [5, 5.41) is 4.75. The van der Waals surface area contributed by atoms with E-state index in [2.05, 4.69) is 4.98 Å². The molecule has 0 aliphatic heterocycles. The summed E-state index contributed by atoms with van der Waals surface area (Å²) in [6.07, 6.45) is -5.18. The van der Waals surface area contributed by atoms with Crippen molar-refractivity contribution in [2.75, 3.05) is 4.90 Å². The Hall–Kier alpha value is -6.74. The second-order valence-electron chi connectivity index (χ2n) is 14.8. The predicted molar refractivity (Wildman–Crippen MR) is 224 cm³/mol. The second kappa shape index (κ2) is 14.6. The number of alkyl halides is 6. The molecule has 7 aromatic carbocycles. The molecule has 1 heterocycles. The van der Waals surface area contributed by atoms with E-state index in [0.717, 1.165) is 38.7 Å². The molecule has 8 aromatic rings. The molecule has 0 unspecified atom stereocenters. The van der Waals surface area contributed by atoms with Gasteiger partial charge in [0, 0.05) is 11.8 Å². The number of hydrogen-bond acceptors (Lipinski definition) is 3. The van der Waals surface area contributed by atoms with Crippen molar-refractivity contribution < 1.29 is 26.3 Å². The summed E-state index contributed by atoms with van der Waals surface area (Å²) in [7, 11) is 0. The van der Waals surface area contributed by atoms with Crippen molar-refractivity contribution in [1.29, 1.82) is 0 Å². The third kappa shape index (κ3) is 6.90. The number of aromatic nitrogens is 2. The van der Waals surface area contributed by atoms with Crippen molar-refractivity contribution in [3.63, 3.8) is 0 Å². The third-order valence-corrected chi connectivity index (χ3v) is 11.1. The molecular formula is C50H35F6N3. The number of hydrogen-bond donors (Lipinski definition) is 0. The van der Waals surface area contributed by atoms with Crippen LogP contribution in [0.3, 0.4) is 0 Å². The van der Waals surface area contributed by atoms with Gasteiger partial charge in [0.05, 0.1) is 22.5 Å². The van der Waals surface area contributed by atoms with Crippen LogP contribution in [0.2, 0.25) is 0 Å². The highest BCUT2D eigenvalue weighted by molar-refractivity contribution is 5.99. The molecule has 292 valence electrons. The van der Waals surface area contributed by atoms with Crippen molar-refractivity contribution in [3.8, 4) is 22.5 Å². The molecule has 3 nitrogen and oxygen atoms in total. The van der Waals surface area contributed by atoms with Crippen LogP contribution in [0.1, 0.15) is 40.7 Å². The summed E-state index contributed by atoms with van der Waals surface area (Å²) in [5.74, 6) is 0.368. The van der Waals surface area contributed by atoms with Gasteiger partial charge in [-0.2, -0.15) is 26.3 Å². The Bertz CT molecular complexity index is 3060. The van der Waals surface area contributed by atoms with Crippen molar-refractivity contribution in [2.45, 2.75) is 39.0 Å². The van der Waals surface area contributed by atoms with E-state index in [-0.39, 0.29) is 34.1 Å². The Morgan fingerprint density at radius 1 is 0.542 bits per heavy atom. The van der Waals surface area contributed by atoms with Gasteiger partial charge in [0.2, 0.25) is 0 Å². The first-order chi connectivity index (χ1) is 28.4. The van der Waals surface area contributed by atoms with Crippen LogP contribution < -0.4 is 15.3 Å². The van der Waals surface area contributed by atoms with Crippen molar-refractivity contribution in [2.24, 2.45) is 0 Å². The van der Waals surface area contributed by atoms with Gasteiger partial charge in [-0.05, 0) is 122 Å². The van der Waals surface area contributed by atoms with Crippen LogP contribution in [-0.4, -0.2) is 9.97 Å². The number of anilines is 3. The topological polar surface area (TPSA) is 29.0 Å². The first kappa shape index (κ1) is 37.8. The van der Waals surface area contributed by atoms with Gasteiger partial charge in [0.25, 0.3) is 0 Å². The van der Waals surface area contributed by atoms with Crippen LogP contribution in [0.15, 0.2) is 146 Å². The molecule has 0 saturated carbocycles. The number of benzene rings is 7. The normalized spacial score (nSPS) is 13.1. The summed E-state index contributed by atoms with van der Waals surface area (Å²) < 4.78 is 92.6. The minimum Gasteiger partial charge on any atom is -0.294 e. The highest BCUT2D eigenvalue weighted by Gasteiger charge is 2.38. The Balaban J connectivity index is 1.33. The van der Waals surface area contributed by atoms with Gasteiger partial charge in [0.1, 0.15) is 5.82 Å². The van der Waals surface area contributed by atoms with E-state index < -0.39 is 23.5 Å². The Morgan fingerprint density at radius 3 is 1.75 bits per heavy atom. The fourth-order valence-electron chi connectivity index (χ4n) is 8.41. The zero-order chi connectivity index (χ0) is 41.1. The van der Waals surface area contributed by atoms with Crippen molar-refractivity contribution in [3.05, 3.63) is 184 Å². The van der Waals surface area contributed by atoms with Gasteiger partial charge in [-0.25, -0.2) is 9.97 Å². The maximum atomic E-state index is 15.4. The fourth-order valence-corrected chi connectivity index (χ4v) is 8.41. The summed E-state index contributed by atoms with van der Waals surface area (Å²) in [6.45, 7) is 3.36. The van der Waals surface area contributed by atoms with E-state index in [1.807, 2.05) is 84.9 Å². The van der Waals surface area contributed by atoms with Gasteiger partial charge in [-0.15, -0.1) is 0 Å². The van der Waals surface area contributed by atoms with Crippen LogP contribution in [0.25, 0.3) is 55.7 Å². The highest BCUT2D eigenvalue weighted by Crippen LogP contribution is 2.48. The lowest BCUT2D eigenvalue weighted by atomic mass is 9.88. The lowest BCUT2D eigenvalue weighted by Crippen LogP contribution is -2.30. The number of nitrogens with zero attached hydrogens (tertiary/aromatic N) is 3. The van der Waals surface area contributed by atoms with Crippen LogP contribution in [0.4, 0.5) is 43.5 Å². The average Bonchev–Trinajstić information content (AvgIpc) is 3.23. The average molecular weight is 792 g/mol. The largest absolute Gasteiger partial charge is 0.417 e. The van der Waals surface area contributed by atoms with Crippen LogP contribution >= 0.6 is 0 Å². The monoisotopic (exact) mass is 791 g/mol. The van der Waals surface area contributed by atoms with Gasteiger partial charge >= 0.3 is 12.4 Å². The van der Waals surface area contributed by atoms with Crippen molar-refractivity contribution in [1.82, 2.24) is 9.97 Å². The van der Waals surface area contributed by atoms with E-state index in [9.17, 15) is 0 Å². The zero-order valence-electron chi connectivity index (χ0n) is 32.0. The molecule has 9 heteroatoms. The quantitative estimate of drug-likeness (QED) is 0.157. The Kier molecular flexibility index (Phi) is 9.34. The molecule has 9 rings (SSSR count). The first-order valence-corrected chi connectivity index (χ1v) is 19.2.